The van der Waals surface area contributed by atoms with Gasteiger partial charge in [0, 0.05) is 44.2 Å². The molecule has 2 fully saturated rings. The summed E-state index contributed by atoms with van der Waals surface area (Å²) in [4.78, 5) is 41.0. The van der Waals surface area contributed by atoms with E-state index in [1.54, 1.807) is 4.90 Å². The highest BCUT2D eigenvalue weighted by atomic mass is 16.2. The van der Waals surface area contributed by atoms with E-state index in [2.05, 4.69) is 29.4 Å². The van der Waals surface area contributed by atoms with Crippen molar-refractivity contribution in [3.63, 3.8) is 0 Å². The molecular weight excluding hydrogens is 356 g/mol. The van der Waals surface area contributed by atoms with Gasteiger partial charge >= 0.3 is 0 Å². The van der Waals surface area contributed by atoms with Crippen molar-refractivity contribution in [3.8, 4) is 0 Å². The van der Waals surface area contributed by atoms with Crippen LogP contribution in [0.2, 0.25) is 0 Å². The predicted molar refractivity (Wildman–Crippen MR) is 104 cm³/mol. The van der Waals surface area contributed by atoms with Crippen molar-refractivity contribution in [1.82, 2.24) is 20.4 Å². The van der Waals surface area contributed by atoms with Crippen LogP contribution in [0.3, 0.4) is 0 Å². The molecule has 3 aliphatic rings. The first-order chi connectivity index (χ1) is 13.4. The summed E-state index contributed by atoms with van der Waals surface area (Å²) in [6.07, 6.45) is 0.673. The normalized spacial score (nSPS) is 28.9. The zero-order chi connectivity index (χ0) is 19.8. The Morgan fingerprint density at radius 3 is 2.75 bits per heavy atom. The number of hydrogen-bond donors (Lipinski definition) is 2. The molecule has 3 unspecified atom stereocenters. The smallest absolute Gasteiger partial charge is 0.255 e. The minimum absolute atomic E-state index is 0.0888. The van der Waals surface area contributed by atoms with Crippen molar-refractivity contribution in [2.24, 2.45) is 5.92 Å². The van der Waals surface area contributed by atoms with Crippen molar-refractivity contribution < 1.29 is 14.4 Å². The highest BCUT2D eigenvalue weighted by molar-refractivity contribution is 6.05. The van der Waals surface area contributed by atoms with E-state index in [4.69, 9.17) is 0 Å². The van der Waals surface area contributed by atoms with Crippen LogP contribution in [-0.4, -0.2) is 59.2 Å². The van der Waals surface area contributed by atoms with Gasteiger partial charge in [-0.25, -0.2) is 0 Å². The van der Waals surface area contributed by atoms with Crippen LogP contribution in [0, 0.1) is 5.92 Å². The summed E-state index contributed by atoms with van der Waals surface area (Å²) >= 11 is 0. The number of amides is 3. The van der Waals surface area contributed by atoms with E-state index in [-0.39, 0.29) is 24.1 Å². The van der Waals surface area contributed by atoms with Crippen molar-refractivity contribution in [3.05, 3.63) is 34.9 Å². The van der Waals surface area contributed by atoms with Crippen LogP contribution in [0.4, 0.5) is 0 Å². The Kier molecular flexibility index (Phi) is 5.21. The number of benzene rings is 1. The van der Waals surface area contributed by atoms with Crippen molar-refractivity contribution >= 4 is 17.7 Å². The van der Waals surface area contributed by atoms with Crippen molar-refractivity contribution in [1.29, 1.82) is 0 Å². The molecule has 7 nitrogen and oxygen atoms in total. The summed E-state index contributed by atoms with van der Waals surface area (Å²) in [5.74, 6) is -0.157. The average Bonchev–Trinajstić information content (AvgIpc) is 2.88. The first-order valence-corrected chi connectivity index (χ1v) is 10.1. The molecule has 0 radical (unpaired) electrons. The molecule has 0 bridgehead atoms. The quantitative estimate of drug-likeness (QED) is 0.756. The third-order valence-electron chi connectivity index (χ3n) is 5.95. The van der Waals surface area contributed by atoms with Gasteiger partial charge in [0.25, 0.3) is 5.91 Å². The standard InChI is InChI=1S/C21H28N4O3/c1-13-8-22-14(2)10-24(9-13)11-15-4-3-5-16-12-25(21(28)19(15)16)17-6-7-18(26)23-20(17)27/h3-5,13-14,17,22H,6-12H2,1-2H3,(H,23,26,27). The molecular formula is C21H28N4O3. The van der Waals surface area contributed by atoms with Gasteiger partial charge in [0.2, 0.25) is 11.8 Å². The fourth-order valence-electron chi connectivity index (χ4n) is 4.63. The van der Waals surface area contributed by atoms with E-state index >= 15 is 0 Å². The van der Waals surface area contributed by atoms with E-state index in [0.29, 0.717) is 24.9 Å². The molecule has 0 spiro atoms. The molecule has 28 heavy (non-hydrogen) atoms. The molecule has 7 heteroatoms. The van der Waals surface area contributed by atoms with Gasteiger partial charge in [-0.3, -0.25) is 24.6 Å². The minimum Gasteiger partial charge on any atom is -0.322 e. The van der Waals surface area contributed by atoms with Crippen LogP contribution in [-0.2, 0) is 22.7 Å². The van der Waals surface area contributed by atoms with Gasteiger partial charge in [-0.1, -0.05) is 25.1 Å². The molecule has 2 saturated heterocycles. The summed E-state index contributed by atoms with van der Waals surface area (Å²) in [6, 6.07) is 5.85. The molecule has 150 valence electrons. The van der Waals surface area contributed by atoms with E-state index in [1.807, 2.05) is 18.2 Å². The van der Waals surface area contributed by atoms with Gasteiger partial charge in [0.05, 0.1) is 0 Å². The van der Waals surface area contributed by atoms with Crippen LogP contribution in [0.25, 0.3) is 0 Å². The Hall–Kier alpha value is -2.25. The number of rotatable bonds is 3. The Morgan fingerprint density at radius 2 is 1.96 bits per heavy atom. The molecule has 3 aliphatic heterocycles. The fraction of sp³-hybridized carbons (Fsp3) is 0.571. The van der Waals surface area contributed by atoms with Gasteiger partial charge < -0.3 is 10.2 Å². The molecule has 3 amide bonds. The van der Waals surface area contributed by atoms with Crippen LogP contribution in [0.5, 0.6) is 0 Å². The lowest BCUT2D eigenvalue weighted by Crippen LogP contribution is -2.52. The molecule has 2 N–H and O–H groups in total. The number of hydrogen-bond acceptors (Lipinski definition) is 5. The van der Waals surface area contributed by atoms with Crippen LogP contribution in [0.1, 0.15) is 48.2 Å². The van der Waals surface area contributed by atoms with E-state index in [1.165, 1.54) is 0 Å². The maximum atomic E-state index is 13.2. The lowest BCUT2D eigenvalue weighted by Gasteiger charge is -2.29. The molecule has 1 aromatic rings. The summed E-state index contributed by atoms with van der Waals surface area (Å²) in [5.41, 5.74) is 2.74. The fourth-order valence-corrected chi connectivity index (χ4v) is 4.63. The second-order valence-electron chi connectivity index (χ2n) is 8.46. The second-order valence-corrected chi connectivity index (χ2v) is 8.46. The zero-order valence-electron chi connectivity index (χ0n) is 16.5. The first kappa shape index (κ1) is 19.1. The third-order valence-corrected chi connectivity index (χ3v) is 5.95. The van der Waals surface area contributed by atoms with Gasteiger partial charge in [0.15, 0.2) is 0 Å². The molecule has 1 aromatic carbocycles. The number of nitrogens with zero attached hydrogens (tertiary/aromatic N) is 2. The summed E-state index contributed by atoms with van der Waals surface area (Å²) < 4.78 is 0. The number of imide groups is 1. The Labute approximate surface area is 165 Å². The lowest BCUT2D eigenvalue weighted by atomic mass is 10.0. The summed E-state index contributed by atoms with van der Waals surface area (Å²) in [5, 5.41) is 5.90. The van der Waals surface area contributed by atoms with Crippen LogP contribution in [0.15, 0.2) is 18.2 Å². The zero-order valence-corrected chi connectivity index (χ0v) is 16.5. The Bertz CT molecular complexity index is 797. The summed E-state index contributed by atoms with van der Waals surface area (Å²) in [7, 11) is 0. The van der Waals surface area contributed by atoms with E-state index in [0.717, 1.165) is 42.9 Å². The maximum absolute atomic E-state index is 13.2. The SMILES string of the molecule is CC1CNC(C)CN(Cc2cccc3c2C(=O)N(C2CCC(=O)NC2=O)C3)C1. The number of fused-ring (bicyclic) bond motifs is 1. The third kappa shape index (κ3) is 3.69. The molecule has 0 aromatic heterocycles. The largest absolute Gasteiger partial charge is 0.322 e. The van der Waals surface area contributed by atoms with Gasteiger partial charge in [0.1, 0.15) is 6.04 Å². The Morgan fingerprint density at radius 1 is 1.14 bits per heavy atom. The van der Waals surface area contributed by atoms with Gasteiger partial charge in [-0.05, 0) is 36.9 Å². The molecule has 0 saturated carbocycles. The number of piperidine rings is 1. The lowest BCUT2D eigenvalue weighted by molar-refractivity contribution is -0.136. The second kappa shape index (κ2) is 7.64. The van der Waals surface area contributed by atoms with Crippen molar-refractivity contribution in [2.75, 3.05) is 19.6 Å². The molecule has 4 rings (SSSR count). The predicted octanol–water partition coefficient (Wildman–Crippen LogP) is 0.877. The number of carbonyl (C=O) groups excluding carboxylic acids is 3. The number of carbonyl (C=O) groups is 3. The highest BCUT2D eigenvalue weighted by Gasteiger charge is 2.40. The van der Waals surface area contributed by atoms with Crippen LogP contribution < -0.4 is 10.6 Å². The van der Waals surface area contributed by atoms with Crippen LogP contribution >= 0.6 is 0 Å². The monoisotopic (exact) mass is 384 g/mol. The van der Waals surface area contributed by atoms with E-state index in [9.17, 15) is 14.4 Å². The number of nitrogens with one attached hydrogen (secondary N) is 2. The van der Waals surface area contributed by atoms with E-state index < -0.39 is 6.04 Å². The molecule has 3 atom stereocenters. The average molecular weight is 384 g/mol. The van der Waals surface area contributed by atoms with Crippen molar-refractivity contribution in [2.45, 2.75) is 51.9 Å². The van der Waals surface area contributed by atoms with Gasteiger partial charge in [-0.15, -0.1) is 0 Å². The Balaban J connectivity index is 1.55. The summed E-state index contributed by atoms with van der Waals surface area (Å²) in [6.45, 7) is 8.54. The molecule has 3 heterocycles. The van der Waals surface area contributed by atoms with Gasteiger partial charge in [-0.2, -0.15) is 0 Å². The molecule has 0 aliphatic carbocycles. The topological polar surface area (TPSA) is 81.8 Å². The maximum Gasteiger partial charge on any atom is 0.255 e. The minimum atomic E-state index is -0.562. The first-order valence-electron chi connectivity index (χ1n) is 10.1. The highest BCUT2D eigenvalue weighted by Crippen LogP contribution is 2.30.